The second-order valence-corrected chi connectivity index (χ2v) is 6.15. The van der Waals surface area contributed by atoms with E-state index in [0.717, 1.165) is 11.7 Å². The van der Waals surface area contributed by atoms with Crippen LogP contribution in [0.2, 0.25) is 0 Å². The van der Waals surface area contributed by atoms with Gasteiger partial charge in [0.15, 0.2) is 5.82 Å². The van der Waals surface area contributed by atoms with Gasteiger partial charge in [0.2, 0.25) is 5.95 Å². The summed E-state index contributed by atoms with van der Waals surface area (Å²) in [6.07, 6.45) is 4.11. The molecule has 0 aliphatic carbocycles. The molecule has 6 nitrogen and oxygen atoms in total. The van der Waals surface area contributed by atoms with Gasteiger partial charge in [-0.1, -0.05) is 6.07 Å². The van der Waals surface area contributed by atoms with Gasteiger partial charge in [-0.15, -0.1) is 0 Å². The summed E-state index contributed by atoms with van der Waals surface area (Å²) in [7, 11) is 0. The van der Waals surface area contributed by atoms with Crippen LogP contribution in [0.3, 0.4) is 0 Å². The summed E-state index contributed by atoms with van der Waals surface area (Å²) in [5, 5.41) is 11.0. The first kappa shape index (κ1) is 16.2. The van der Waals surface area contributed by atoms with Crippen LogP contribution >= 0.6 is 0 Å². The van der Waals surface area contributed by atoms with E-state index in [2.05, 4.69) is 30.5 Å². The number of aromatic amines is 1. The van der Waals surface area contributed by atoms with Crippen molar-refractivity contribution in [1.29, 1.82) is 0 Å². The fourth-order valence-corrected chi connectivity index (χ4v) is 3.14. The Morgan fingerprint density at radius 3 is 2.64 bits per heavy atom. The number of fused-ring (bicyclic) bond motifs is 2. The highest BCUT2D eigenvalue weighted by atomic mass is 19.1. The first-order valence-corrected chi connectivity index (χ1v) is 8.46. The van der Waals surface area contributed by atoms with E-state index >= 15 is 0 Å². The normalized spacial score (nSPS) is 11.2. The lowest BCUT2D eigenvalue weighted by Gasteiger charge is -2.10. The van der Waals surface area contributed by atoms with Gasteiger partial charge < -0.3 is 5.32 Å². The fraction of sp³-hybridized carbons (Fsp3) is 0. The van der Waals surface area contributed by atoms with E-state index in [0.29, 0.717) is 33.5 Å². The topological polar surface area (TPSA) is 79.4 Å². The number of H-pyrrole nitrogens is 1. The van der Waals surface area contributed by atoms with Crippen LogP contribution in [-0.2, 0) is 0 Å². The third-order valence-corrected chi connectivity index (χ3v) is 4.44. The van der Waals surface area contributed by atoms with E-state index in [1.165, 1.54) is 6.20 Å². The van der Waals surface area contributed by atoms with Crippen LogP contribution in [0.25, 0.3) is 33.1 Å². The van der Waals surface area contributed by atoms with Crippen LogP contribution < -0.4 is 5.32 Å². The van der Waals surface area contributed by atoms with Gasteiger partial charge in [0, 0.05) is 28.9 Å². The van der Waals surface area contributed by atoms with Crippen molar-refractivity contribution in [2.24, 2.45) is 0 Å². The molecule has 0 saturated heterocycles. The molecule has 4 heterocycles. The highest BCUT2D eigenvalue weighted by Crippen LogP contribution is 2.32. The summed E-state index contributed by atoms with van der Waals surface area (Å²) in [6.45, 7) is 0. The predicted molar refractivity (Wildman–Crippen MR) is 102 cm³/mol. The van der Waals surface area contributed by atoms with Crippen molar-refractivity contribution in [3.8, 4) is 11.3 Å². The molecule has 136 valence electrons. The van der Waals surface area contributed by atoms with Crippen LogP contribution in [0.1, 0.15) is 0 Å². The van der Waals surface area contributed by atoms with Gasteiger partial charge in [0.1, 0.15) is 11.3 Å². The molecule has 2 N–H and O–H groups in total. The summed E-state index contributed by atoms with van der Waals surface area (Å²) in [5.74, 6) is -0.626. The predicted octanol–water partition coefficient (Wildman–Crippen LogP) is 4.59. The lowest BCUT2D eigenvalue weighted by Crippen LogP contribution is -1.96. The van der Waals surface area contributed by atoms with E-state index in [1.54, 1.807) is 36.5 Å². The zero-order valence-corrected chi connectivity index (χ0v) is 14.3. The second kappa shape index (κ2) is 6.34. The Morgan fingerprint density at radius 2 is 1.75 bits per heavy atom. The number of anilines is 2. The fourth-order valence-electron chi connectivity index (χ4n) is 3.14. The van der Waals surface area contributed by atoms with Gasteiger partial charge in [-0.25, -0.2) is 9.37 Å². The van der Waals surface area contributed by atoms with Crippen LogP contribution in [0, 0.1) is 11.8 Å². The maximum absolute atomic E-state index is 14.5. The quantitative estimate of drug-likeness (QED) is 0.452. The standard InChI is InChI=1S/C20H12F2N6/c21-15-10-25-17(13-3-1-8-24-19(13)22)12-6-5-11(9-14(12)15)26-20-18-16(27-28-20)4-2-7-23-18/h1-10H,(H2,26,27,28). The maximum atomic E-state index is 14.5. The SMILES string of the molecule is Fc1ncccc1-c1ncc(F)c2cc(Nc3n[nH]c4cccnc34)ccc12. The van der Waals surface area contributed by atoms with Crippen molar-refractivity contribution in [3.63, 3.8) is 0 Å². The van der Waals surface area contributed by atoms with Crippen LogP contribution in [0.15, 0.2) is 61.1 Å². The lowest BCUT2D eigenvalue weighted by atomic mass is 10.0. The molecule has 0 atom stereocenters. The van der Waals surface area contributed by atoms with Crippen molar-refractivity contribution < 1.29 is 8.78 Å². The number of aromatic nitrogens is 5. The molecule has 0 aliphatic heterocycles. The van der Waals surface area contributed by atoms with Crippen LogP contribution in [0.5, 0.6) is 0 Å². The number of benzene rings is 1. The minimum absolute atomic E-state index is 0.218. The molecule has 4 aromatic heterocycles. The van der Waals surface area contributed by atoms with Crippen molar-refractivity contribution in [2.75, 3.05) is 5.32 Å². The molecule has 0 amide bonds. The van der Waals surface area contributed by atoms with Gasteiger partial charge in [0.05, 0.1) is 23.0 Å². The summed E-state index contributed by atoms with van der Waals surface area (Å²) in [4.78, 5) is 12.0. The molecule has 0 bridgehead atoms. The van der Waals surface area contributed by atoms with Crippen molar-refractivity contribution >= 4 is 33.3 Å². The second-order valence-electron chi connectivity index (χ2n) is 6.15. The van der Waals surface area contributed by atoms with Gasteiger partial charge in [-0.3, -0.25) is 15.1 Å². The monoisotopic (exact) mass is 374 g/mol. The zero-order chi connectivity index (χ0) is 19.1. The van der Waals surface area contributed by atoms with Gasteiger partial charge >= 0.3 is 0 Å². The maximum Gasteiger partial charge on any atom is 0.222 e. The number of rotatable bonds is 3. The molecule has 0 fully saturated rings. The third kappa shape index (κ3) is 2.62. The van der Waals surface area contributed by atoms with Crippen LogP contribution in [-0.4, -0.2) is 25.1 Å². The molecule has 8 heteroatoms. The molecule has 1 aromatic carbocycles. The average Bonchev–Trinajstić information content (AvgIpc) is 3.12. The van der Waals surface area contributed by atoms with E-state index in [-0.39, 0.29) is 5.56 Å². The smallest absolute Gasteiger partial charge is 0.222 e. The molecule has 5 aromatic rings. The first-order chi connectivity index (χ1) is 13.7. The number of nitrogens with one attached hydrogen (secondary N) is 2. The summed E-state index contributed by atoms with van der Waals surface area (Å²) < 4.78 is 28.6. The molecule has 0 aliphatic rings. The number of hydrogen-bond acceptors (Lipinski definition) is 5. The van der Waals surface area contributed by atoms with Crippen LogP contribution in [0.4, 0.5) is 20.3 Å². The Hall–Kier alpha value is -3.94. The molecular formula is C20H12F2N6. The zero-order valence-electron chi connectivity index (χ0n) is 14.3. The van der Waals surface area contributed by atoms with Gasteiger partial charge in [-0.05, 0) is 36.4 Å². The Labute approximate surface area is 157 Å². The largest absolute Gasteiger partial charge is 0.337 e. The number of halogens is 2. The van der Waals surface area contributed by atoms with E-state index in [4.69, 9.17) is 0 Å². The Morgan fingerprint density at radius 1 is 0.893 bits per heavy atom. The number of pyridine rings is 3. The molecule has 28 heavy (non-hydrogen) atoms. The van der Waals surface area contributed by atoms with Gasteiger partial charge in [-0.2, -0.15) is 9.49 Å². The molecule has 0 unspecified atom stereocenters. The average molecular weight is 374 g/mol. The Bertz CT molecular complexity index is 1330. The van der Waals surface area contributed by atoms with Crippen molar-refractivity contribution in [2.45, 2.75) is 0 Å². The highest BCUT2D eigenvalue weighted by molar-refractivity contribution is 5.97. The van der Waals surface area contributed by atoms with E-state index in [1.807, 2.05) is 12.1 Å². The molecule has 0 saturated carbocycles. The van der Waals surface area contributed by atoms with Crippen molar-refractivity contribution in [1.82, 2.24) is 25.1 Å². The molecule has 0 spiro atoms. The number of hydrogen-bond donors (Lipinski definition) is 2. The summed E-state index contributed by atoms with van der Waals surface area (Å²) >= 11 is 0. The molecule has 0 radical (unpaired) electrons. The van der Waals surface area contributed by atoms with E-state index < -0.39 is 11.8 Å². The lowest BCUT2D eigenvalue weighted by molar-refractivity contribution is 0.587. The number of nitrogens with zero attached hydrogens (tertiary/aromatic N) is 4. The Kier molecular flexibility index (Phi) is 3.68. The third-order valence-electron chi connectivity index (χ3n) is 4.44. The highest BCUT2D eigenvalue weighted by Gasteiger charge is 2.14. The summed E-state index contributed by atoms with van der Waals surface area (Å²) in [5.41, 5.74) is 2.64. The van der Waals surface area contributed by atoms with Gasteiger partial charge in [0.25, 0.3) is 0 Å². The molecule has 5 rings (SSSR count). The molecular weight excluding hydrogens is 362 g/mol. The minimum Gasteiger partial charge on any atom is -0.337 e. The van der Waals surface area contributed by atoms with E-state index in [9.17, 15) is 8.78 Å². The van der Waals surface area contributed by atoms with Crippen molar-refractivity contribution in [3.05, 3.63) is 72.8 Å². The minimum atomic E-state index is -0.654. The summed E-state index contributed by atoms with van der Waals surface area (Å²) in [6, 6.07) is 11.9. The first-order valence-electron chi connectivity index (χ1n) is 8.46. The Balaban J connectivity index is 1.62.